The molecule has 0 amide bonds. The highest BCUT2D eigenvalue weighted by Gasteiger charge is 2.53. The van der Waals surface area contributed by atoms with Crippen LogP contribution in [0.5, 0.6) is 0 Å². The highest BCUT2D eigenvalue weighted by molar-refractivity contribution is 7.25. The van der Waals surface area contributed by atoms with Gasteiger partial charge in [-0.15, -0.1) is 11.3 Å². The predicted octanol–water partition coefficient (Wildman–Crippen LogP) is 17.0. The van der Waals surface area contributed by atoms with Gasteiger partial charge in [-0.2, -0.15) is 0 Å². The van der Waals surface area contributed by atoms with Crippen molar-refractivity contribution in [1.29, 1.82) is 0 Å². The molecule has 0 N–H and O–H groups in total. The number of furan rings is 2. The van der Waals surface area contributed by atoms with Gasteiger partial charge in [0.15, 0.2) is 17.5 Å². The van der Waals surface area contributed by atoms with Crippen molar-refractivity contribution in [3.8, 4) is 67.5 Å². The normalized spacial score (nSPS) is 13.3. The quantitative estimate of drug-likeness (QED) is 0.176. The monoisotopic (exact) mass is 909 g/mol. The van der Waals surface area contributed by atoms with Crippen LogP contribution < -0.4 is 0 Å². The summed E-state index contributed by atoms with van der Waals surface area (Å²) >= 11 is 1.80. The lowest BCUT2D eigenvalue weighted by atomic mass is 9.69. The first-order valence-electron chi connectivity index (χ1n) is 23.6. The fourth-order valence-corrected chi connectivity index (χ4v) is 13.1. The van der Waals surface area contributed by atoms with E-state index >= 15 is 0 Å². The molecule has 0 atom stereocenters. The molecule has 2 aliphatic carbocycles. The number of hydrogen-bond donors (Lipinski definition) is 0. The molecule has 16 rings (SSSR count). The number of fused-ring (bicyclic) bond motifs is 20. The van der Waals surface area contributed by atoms with Gasteiger partial charge in [0.1, 0.15) is 22.3 Å². The van der Waals surface area contributed by atoms with Crippen LogP contribution in [-0.2, 0) is 5.41 Å². The number of hydrogen-bond acceptors (Lipinski definition) is 6. The molecule has 2 aliphatic rings. The summed E-state index contributed by atoms with van der Waals surface area (Å²) in [5.74, 6) is 1.89. The number of nitrogens with zero attached hydrogens (tertiary/aromatic N) is 3. The molecule has 6 heteroatoms. The van der Waals surface area contributed by atoms with Crippen LogP contribution in [0.3, 0.4) is 0 Å². The molecular weight excluding hydrogens is 875 g/mol. The summed E-state index contributed by atoms with van der Waals surface area (Å²) in [6.45, 7) is 0. The maximum atomic E-state index is 6.87. The molecule has 70 heavy (non-hydrogen) atoms. The summed E-state index contributed by atoms with van der Waals surface area (Å²) in [5, 5.41) is 6.94. The summed E-state index contributed by atoms with van der Waals surface area (Å²) in [5.41, 5.74) is 17.8. The van der Waals surface area contributed by atoms with E-state index in [2.05, 4.69) is 188 Å². The van der Waals surface area contributed by atoms with Gasteiger partial charge in [0.25, 0.3) is 0 Å². The molecule has 0 saturated heterocycles. The second-order valence-corrected chi connectivity index (χ2v) is 19.7. The number of rotatable bonds is 4. The molecule has 0 saturated carbocycles. The Balaban J connectivity index is 0.895. The van der Waals surface area contributed by atoms with Gasteiger partial charge in [-0.05, 0) is 110 Å². The fraction of sp³-hybridized carbons (Fsp3) is 0.0156. The van der Waals surface area contributed by atoms with Crippen molar-refractivity contribution in [1.82, 2.24) is 15.0 Å². The van der Waals surface area contributed by atoms with E-state index in [1.807, 2.05) is 24.3 Å². The van der Waals surface area contributed by atoms with Crippen molar-refractivity contribution in [3.05, 3.63) is 235 Å². The van der Waals surface area contributed by atoms with Gasteiger partial charge < -0.3 is 8.83 Å². The Hall–Kier alpha value is -8.97. The molecule has 14 aromatic rings. The first-order chi connectivity index (χ1) is 34.7. The van der Waals surface area contributed by atoms with Crippen LogP contribution in [0.1, 0.15) is 22.3 Å². The second-order valence-electron chi connectivity index (χ2n) is 18.6. The summed E-state index contributed by atoms with van der Waals surface area (Å²) in [4.78, 5) is 15.4. The Bertz CT molecular complexity index is 4510. The Morgan fingerprint density at radius 1 is 0.314 bits per heavy atom. The van der Waals surface area contributed by atoms with E-state index in [9.17, 15) is 0 Å². The first kappa shape index (κ1) is 38.0. The van der Waals surface area contributed by atoms with E-state index in [1.165, 1.54) is 64.7 Å². The fourth-order valence-electron chi connectivity index (χ4n) is 11.9. The summed E-state index contributed by atoms with van der Waals surface area (Å²) in [7, 11) is 0. The lowest BCUT2D eigenvalue weighted by molar-refractivity contribution is 0.666. The van der Waals surface area contributed by atoms with Gasteiger partial charge >= 0.3 is 0 Å². The van der Waals surface area contributed by atoms with Crippen molar-refractivity contribution < 1.29 is 8.83 Å². The number of para-hydroxylation sites is 1. The summed E-state index contributed by atoms with van der Waals surface area (Å²) < 4.78 is 16.0. The van der Waals surface area contributed by atoms with Gasteiger partial charge in [0.2, 0.25) is 0 Å². The number of benzene rings is 10. The zero-order valence-electron chi connectivity index (χ0n) is 37.3. The molecule has 10 aromatic carbocycles. The van der Waals surface area contributed by atoms with Crippen molar-refractivity contribution in [3.63, 3.8) is 0 Å². The van der Waals surface area contributed by atoms with E-state index in [0.717, 1.165) is 71.7 Å². The van der Waals surface area contributed by atoms with E-state index in [0.29, 0.717) is 17.5 Å². The van der Waals surface area contributed by atoms with Crippen molar-refractivity contribution in [2.45, 2.75) is 5.41 Å². The van der Waals surface area contributed by atoms with Crippen LogP contribution in [0.4, 0.5) is 0 Å². The maximum Gasteiger partial charge on any atom is 0.164 e. The van der Waals surface area contributed by atoms with E-state index in [4.69, 9.17) is 23.8 Å². The Kier molecular flexibility index (Phi) is 7.63. The zero-order valence-corrected chi connectivity index (χ0v) is 38.1. The molecule has 1 spiro atoms. The minimum atomic E-state index is -0.619. The SMILES string of the molecule is c1ccc(-c2nc(-c3cccc(-c4ccc5oc6ccc7c(c6c5c4)C4(c5ccccc5-c5ccccc54)c4cc5oc6ccccc6c5cc4-7)c3)nc(-c3ccc4c(c3)sc3ccccc34)n2)cc1. The average Bonchev–Trinajstić information content (AvgIpc) is 4.23. The molecule has 4 heterocycles. The number of thiophene rings is 1. The predicted molar refractivity (Wildman–Crippen MR) is 285 cm³/mol. The van der Waals surface area contributed by atoms with Gasteiger partial charge in [0, 0.05) is 58.4 Å². The minimum Gasteiger partial charge on any atom is -0.456 e. The Morgan fingerprint density at radius 2 is 0.914 bits per heavy atom. The third-order valence-electron chi connectivity index (χ3n) is 14.9. The summed E-state index contributed by atoms with van der Waals surface area (Å²) in [6, 6.07) is 75.9. The first-order valence-corrected chi connectivity index (χ1v) is 24.5. The third-order valence-corrected chi connectivity index (χ3v) is 16.1. The van der Waals surface area contributed by atoms with Crippen LogP contribution in [0.15, 0.2) is 221 Å². The molecular formula is C64H35N3O2S. The third kappa shape index (κ3) is 5.17. The molecule has 5 nitrogen and oxygen atoms in total. The second kappa shape index (κ2) is 14.0. The van der Waals surface area contributed by atoms with E-state index in [1.54, 1.807) is 11.3 Å². The highest BCUT2D eigenvalue weighted by Crippen LogP contribution is 2.65. The van der Waals surface area contributed by atoms with Crippen molar-refractivity contribution in [2.24, 2.45) is 0 Å². The molecule has 0 unspecified atom stereocenters. The zero-order chi connectivity index (χ0) is 45.7. The molecule has 4 aromatic heterocycles. The Morgan fingerprint density at radius 3 is 1.74 bits per heavy atom. The molecule has 0 aliphatic heterocycles. The van der Waals surface area contributed by atoms with Crippen molar-refractivity contribution in [2.75, 3.05) is 0 Å². The van der Waals surface area contributed by atoms with E-state index < -0.39 is 5.41 Å². The van der Waals surface area contributed by atoms with Crippen molar-refractivity contribution >= 4 is 75.4 Å². The molecule has 0 radical (unpaired) electrons. The van der Waals surface area contributed by atoms with E-state index in [-0.39, 0.29) is 0 Å². The van der Waals surface area contributed by atoms with Crippen LogP contribution in [-0.4, -0.2) is 15.0 Å². The van der Waals surface area contributed by atoms with Crippen LogP contribution >= 0.6 is 11.3 Å². The highest BCUT2D eigenvalue weighted by atomic mass is 32.1. The maximum absolute atomic E-state index is 6.87. The topological polar surface area (TPSA) is 65.0 Å². The van der Waals surface area contributed by atoms with Gasteiger partial charge in [-0.3, -0.25) is 0 Å². The van der Waals surface area contributed by atoms with Crippen LogP contribution in [0.25, 0.3) is 132 Å². The van der Waals surface area contributed by atoms with Gasteiger partial charge in [-0.1, -0.05) is 158 Å². The average molecular weight is 910 g/mol. The van der Waals surface area contributed by atoms with Crippen LogP contribution in [0.2, 0.25) is 0 Å². The molecule has 324 valence electrons. The number of aromatic nitrogens is 3. The summed E-state index contributed by atoms with van der Waals surface area (Å²) in [6.07, 6.45) is 0. The standard InChI is InChI=1S/C64H35N3O2S/c1-2-13-36(14-3-1)61-65-62(67-63(66-61)40-25-27-45-44-20-7-11-24-57(44)70-58(45)33-40)39-16-12-15-37(31-39)38-26-29-54-49(32-38)59-55(68-54)30-28-46-47-34-48-43-19-6-10-23-53(43)69-56(48)35-52(47)64(60(46)59)50-21-8-4-17-41(50)42-18-5-9-22-51(42)64/h1-35H. The lowest BCUT2D eigenvalue weighted by Crippen LogP contribution is -2.26. The Labute approximate surface area is 404 Å². The minimum absolute atomic E-state index is 0.617. The van der Waals surface area contributed by atoms with Gasteiger partial charge in [0.05, 0.1) is 5.41 Å². The van der Waals surface area contributed by atoms with Gasteiger partial charge in [-0.25, -0.2) is 15.0 Å². The van der Waals surface area contributed by atoms with Crippen LogP contribution in [0, 0.1) is 0 Å². The lowest BCUT2D eigenvalue weighted by Gasteiger charge is -2.31. The molecule has 0 bridgehead atoms. The smallest absolute Gasteiger partial charge is 0.164 e. The largest absolute Gasteiger partial charge is 0.456 e. The molecule has 0 fully saturated rings.